The van der Waals surface area contributed by atoms with Gasteiger partial charge in [-0.3, -0.25) is 9.59 Å². The maximum Gasteiger partial charge on any atom is 2.00 e. The summed E-state index contributed by atoms with van der Waals surface area (Å²) in [6, 6.07) is 7.22. The van der Waals surface area contributed by atoms with E-state index in [0.717, 1.165) is 12.0 Å². The zero-order valence-electron chi connectivity index (χ0n) is 10.8. The molecule has 0 bridgehead atoms. The van der Waals surface area contributed by atoms with E-state index in [9.17, 15) is 9.59 Å². The number of nitrogens with zero attached hydrogens (tertiary/aromatic N) is 1. The molecule has 0 aliphatic heterocycles. The van der Waals surface area contributed by atoms with Crippen molar-refractivity contribution in [2.75, 3.05) is 7.11 Å². The Morgan fingerprint density at radius 3 is 2.65 bits per heavy atom. The van der Waals surface area contributed by atoms with Crippen LogP contribution in [0, 0.1) is 0 Å². The molecule has 0 aliphatic rings. The number of fused-ring (bicyclic) bond motifs is 1. The van der Waals surface area contributed by atoms with Crippen LogP contribution in [0.3, 0.4) is 0 Å². The van der Waals surface area contributed by atoms with E-state index in [4.69, 9.17) is 8.60 Å². The number of methoxy groups -OCH3 is 1. The smallest absolute Gasteiger partial charge is 0.469 e. The predicted octanol–water partition coefficient (Wildman–Crippen LogP) is 2.33. The molecule has 2 rings (SSSR count). The van der Waals surface area contributed by atoms with E-state index < -0.39 is 11.9 Å². The number of aromatic nitrogens is 1. The van der Waals surface area contributed by atoms with Crippen molar-refractivity contribution in [2.45, 2.75) is 18.1 Å². The Morgan fingerprint density at radius 2 is 1.95 bits per heavy atom. The van der Waals surface area contributed by atoms with Gasteiger partial charge in [0.2, 0.25) is 0 Å². The minimum atomic E-state index is -0.530. The van der Waals surface area contributed by atoms with E-state index in [1.54, 1.807) is 12.1 Å². The molecule has 0 amide bonds. The molecule has 0 spiro atoms. The summed E-state index contributed by atoms with van der Waals surface area (Å²) in [7, 11) is 1.26. The fourth-order valence-corrected chi connectivity index (χ4v) is 1.82. The van der Waals surface area contributed by atoms with Crippen LogP contribution in [0.4, 0.5) is 0 Å². The molecule has 0 N–H and O–H groups in total. The van der Waals surface area contributed by atoms with Crippen molar-refractivity contribution in [3.63, 3.8) is 0 Å². The Labute approximate surface area is 132 Å². The summed E-state index contributed by atoms with van der Waals surface area (Å²) in [5.41, 5.74) is 1.31. The molecule has 1 aromatic heterocycles. The van der Waals surface area contributed by atoms with Crippen LogP contribution >= 0.6 is 12.0 Å². The predicted molar refractivity (Wildman–Crippen MR) is 67.2 cm³/mol. The number of oxazole rings is 1. The minimum Gasteiger partial charge on any atom is -0.469 e. The van der Waals surface area contributed by atoms with E-state index in [-0.39, 0.29) is 37.5 Å². The Hall–Kier alpha value is -1.40. The van der Waals surface area contributed by atoms with Crippen LogP contribution < -0.4 is 0 Å². The fourth-order valence-electron chi connectivity index (χ4n) is 1.32. The average molecular weight is 347 g/mol. The van der Waals surface area contributed by atoms with Crippen molar-refractivity contribution in [1.29, 1.82) is 0 Å². The van der Waals surface area contributed by atoms with Crippen LogP contribution in [0.5, 0.6) is 0 Å². The number of hydrogen-bond donors (Lipinski definition) is 0. The Bertz CT molecular complexity index is 567. The number of hydrogen-bond acceptors (Lipinski definition) is 7. The SMILES string of the molecule is COC(=O)CCC(=O)OSc1nc2ccccc2o1.[Zn+2]. The Kier molecular flexibility index (Phi) is 6.68. The van der Waals surface area contributed by atoms with Crippen molar-refractivity contribution < 1.29 is 42.4 Å². The van der Waals surface area contributed by atoms with E-state index in [1.165, 1.54) is 7.11 Å². The van der Waals surface area contributed by atoms with Crippen LogP contribution in [-0.2, 0) is 38.0 Å². The van der Waals surface area contributed by atoms with Gasteiger partial charge in [-0.2, -0.15) is 0 Å². The topological polar surface area (TPSA) is 78.6 Å². The molecular formula is C12H11NO5SZn+2. The zero-order valence-corrected chi connectivity index (χ0v) is 14.6. The second-order valence-corrected chi connectivity index (χ2v) is 4.24. The second kappa shape index (κ2) is 8.02. The molecule has 1 aromatic carbocycles. The molecule has 8 heteroatoms. The van der Waals surface area contributed by atoms with Crippen molar-refractivity contribution >= 4 is 35.1 Å². The molecule has 0 atom stereocenters. The van der Waals surface area contributed by atoms with E-state index in [2.05, 4.69) is 9.72 Å². The molecule has 6 nitrogen and oxygen atoms in total. The van der Waals surface area contributed by atoms with E-state index >= 15 is 0 Å². The van der Waals surface area contributed by atoms with Gasteiger partial charge in [-0.25, -0.2) is 4.98 Å². The zero-order chi connectivity index (χ0) is 13.7. The van der Waals surface area contributed by atoms with Crippen LogP contribution in [0.1, 0.15) is 12.8 Å². The molecule has 1 heterocycles. The average Bonchev–Trinajstić information content (AvgIpc) is 2.85. The first-order valence-electron chi connectivity index (χ1n) is 5.49. The number of carbonyl (C=O) groups is 2. The number of carbonyl (C=O) groups excluding carboxylic acids is 2. The first-order valence-corrected chi connectivity index (χ1v) is 6.23. The molecule has 2 aromatic rings. The summed E-state index contributed by atoms with van der Waals surface area (Å²) in [5.74, 6) is -0.985. The normalized spacial score (nSPS) is 9.85. The van der Waals surface area contributed by atoms with Gasteiger partial charge in [0.1, 0.15) is 5.52 Å². The number of esters is 1. The van der Waals surface area contributed by atoms with Crippen molar-refractivity contribution in [1.82, 2.24) is 4.98 Å². The molecule has 0 aliphatic carbocycles. The summed E-state index contributed by atoms with van der Waals surface area (Å²) in [6.07, 6.45) is -0.0522. The third kappa shape index (κ3) is 4.61. The maximum atomic E-state index is 11.3. The van der Waals surface area contributed by atoms with Gasteiger partial charge < -0.3 is 13.3 Å². The molecule has 0 unspecified atom stereocenters. The fraction of sp³-hybridized carbons (Fsp3) is 0.250. The van der Waals surface area contributed by atoms with E-state index in [0.29, 0.717) is 11.1 Å². The summed E-state index contributed by atoms with van der Waals surface area (Å²) in [5, 5.41) is 0.243. The monoisotopic (exact) mass is 345 g/mol. The third-order valence-electron chi connectivity index (χ3n) is 2.24. The summed E-state index contributed by atoms with van der Waals surface area (Å²) in [6.45, 7) is 0. The van der Waals surface area contributed by atoms with Gasteiger partial charge >= 0.3 is 31.4 Å². The minimum absolute atomic E-state index is 0. The van der Waals surface area contributed by atoms with Crippen molar-refractivity contribution in [3.8, 4) is 0 Å². The van der Waals surface area contributed by atoms with Gasteiger partial charge in [-0.05, 0) is 12.1 Å². The molecule has 0 saturated carbocycles. The van der Waals surface area contributed by atoms with E-state index in [1.807, 2.05) is 12.1 Å². The molecule has 0 saturated heterocycles. The molecule has 20 heavy (non-hydrogen) atoms. The van der Waals surface area contributed by atoms with Gasteiger partial charge in [0.05, 0.1) is 20.0 Å². The van der Waals surface area contributed by atoms with Crippen LogP contribution in [0.2, 0.25) is 0 Å². The first kappa shape index (κ1) is 16.7. The Morgan fingerprint density at radius 1 is 1.25 bits per heavy atom. The summed E-state index contributed by atoms with van der Waals surface area (Å²) < 4.78 is 14.6. The Balaban J connectivity index is 0.00000200. The number of benzene rings is 1. The van der Waals surface area contributed by atoms with Crippen molar-refractivity contribution in [3.05, 3.63) is 24.3 Å². The standard InChI is InChI=1S/C12H11NO5S.Zn/c1-16-10(14)6-7-11(15)18-19-12-13-8-4-2-3-5-9(8)17-12;/h2-5H,6-7H2,1H3;/q;+2. The van der Waals surface area contributed by atoms with Crippen LogP contribution in [0.25, 0.3) is 11.1 Å². The van der Waals surface area contributed by atoms with Crippen LogP contribution in [-0.4, -0.2) is 24.0 Å². The quantitative estimate of drug-likeness (QED) is 0.467. The summed E-state index contributed by atoms with van der Waals surface area (Å²) in [4.78, 5) is 26.3. The molecule has 100 valence electrons. The molecule has 0 radical (unpaired) electrons. The molecular weight excluding hydrogens is 336 g/mol. The van der Waals surface area contributed by atoms with Gasteiger partial charge in [0, 0.05) is 0 Å². The second-order valence-electron chi connectivity index (χ2n) is 3.56. The third-order valence-corrected chi connectivity index (χ3v) is 2.83. The number of rotatable bonds is 5. The largest absolute Gasteiger partial charge is 2.00 e. The van der Waals surface area contributed by atoms with Crippen LogP contribution in [0.15, 0.2) is 33.9 Å². The number of para-hydroxylation sites is 2. The maximum absolute atomic E-state index is 11.3. The molecule has 0 fully saturated rings. The summed E-state index contributed by atoms with van der Waals surface area (Å²) >= 11 is 0.734. The van der Waals surface area contributed by atoms with Crippen molar-refractivity contribution in [2.24, 2.45) is 0 Å². The van der Waals surface area contributed by atoms with Gasteiger partial charge in [-0.15, -0.1) is 0 Å². The van der Waals surface area contributed by atoms with Gasteiger partial charge in [0.15, 0.2) is 17.6 Å². The van der Waals surface area contributed by atoms with Gasteiger partial charge in [0.25, 0.3) is 5.22 Å². The number of ether oxygens (including phenoxy) is 1. The first-order chi connectivity index (χ1) is 9.19. The van der Waals surface area contributed by atoms with Gasteiger partial charge in [-0.1, -0.05) is 12.1 Å².